The molecule has 1 unspecified atom stereocenters. The molecule has 0 bridgehead atoms. The topological polar surface area (TPSA) is 71.9 Å². The smallest absolute Gasteiger partial charge is 0.236 e. The predicted octanol–water partition coefficient (Wildman–Crippen LogP) is 2.31. The highest BCUT2D eigenvalue weighted by Crippen LogP contribution is 2.19. The summed E-state index contributed by atoms with van der Waals surface area (Å²) in [5, 5.41) is 12.3. The van der Waals surface area contributed by atoms with E-state index in [2.05, 4.69) is 10.1 Å². The van der Waals surface area contributed by atoms with Gasteiger partial charge in [-0.2, -0.15) is 10.2 Å². The molecule has 0 spiro atoms. The monoisotopic (exact) mass is 241 g/mol. The fourth-order valence-corrected chi connectivity index (χ4v) is 1.70. The number of hydrogen-bond acceptors (Lipinski definition) is 6. The molecule has 5 nitrogen and oxygen atoms in total. The van der Waals surface area contributed by atoms with Gasteiger partial charge in [0.2, 0.25) is 11.7 Å². The standard InChI is InChI=1S/C10H15N3O2S/c1-3-8(14-4-2)10-12-9(15-13-10)7-16-6-5-11/h8H,3-4,6-7H2,1-2H3. The van der Waals surface area contributed by atoms with Crippen LogP contribution in [-0.4, -0.2) is 22.5 Å². The van der Waals surface area contributed by atoms with Gasteiger partial charge in [0.05, 0.1) is 17.6 Å². The lowest BCUT2D eigenvalue weighted by atomic mass is 10.2. The van der Waals surface area contributed by atoms with Crippen molar-refractivity contribution in [3.63, 3.8) is 0 Å². The summed E-state index contributed by atoms with van der Waals surface area (Å²) in [6, 6.07) is 2.05. The second-order valence-electron chi connectivity index (χ2n) is 3.05. The Morgan fingerprint density at radius 3 is 3.00 bits per heavy atom. The summed E-state index contributed by atoms with van der Waals surface area (Å²) in [4.78, 5) is 4.24. The fraction of sp³-hybridized carbons (Fsp3) is 0.700. The molecule has 1 aromatic heterocycles. The molecule has 0 aliphatic rings. The zero-order valence-electron chi connectivity index (χ0n) is 9.47. The Labute approximate surface area is 99.2 Å². The molecule has 88 valence electrons. The summed E-state index contributed by atoms with van der Waals surface area (Å²) in [6.07, 6.45) is 0.724. The van der Waals surface area contributed by atoms with Gasteiger partial charge >= 0.3 is 0 Å². The number of nitrogens with zero attached hydrogens (tertiary/aromatic N) is 3. The predicted molar refractivity (Wildman–Crippen MR) is 60.7 cm³/mol. The number of nitriles is 1. The van der Waals surface area contributed by atoms with E-state index in [1.807, 2.05) is 19.9 Å². The summed E-state index contributed by atoms with van der Waals surface area (Å²) < 4.78 is 10.5. The van der Waals surface area contributed by atoms with Crippen molar-refractivity contribution < 1.29 is 9.26 Å². The highest BCUT2D eigenvalue weighted by Gasteiger charge is 2.16. The normalized spacial score (nSPS) is 12.3. The quantitative estimate of drug-likeness (QED) is 0.682. The van der Waals surface area contributed by atoms with E-state index in [1.165, 1.54) is 11.8 Å². The van der Waals surface area contributed by atoms with Crippen LogP contribution >= 0.6 is 11.8 Å². The first-order chi connectivity index (χ1) is 7.81. The molecule has 0 radical (unpaired) electrons. The molecule has 1 heterocycles. The average Bonchev–Trinajstić information content (AvgIpc) is 2.75. The first kappa shape index (κ1) is 13.0. The second-order valence-corrected chi connectivity index (χ2v) is 4.04. The number of aromatic nitrogens is 2. The van der Waals surface area contributed by atoms with E-state index in [1.54, 1.807) is 0 Å². The third-order valence-electron chi connectivity index (χ3n) is 1.90. The minimum atomic E-state index is -0.0940. The molecule has 0 aliphatic heterocycles. The molecule has 0 fully saturated rings. The Kier molecular flexibility index (Phi) is 5.90. The number of hydrogen-bond donors (Lipinski definition) is 0. The zero-order valence-corrected chi connectivity index (χ0v) is 10.3. The van der Waals surface area contributed by atoms with Crippen LogP contribution < -0.4 is 0 Å². The van der Waals surface area contributed by atoms with Gasteiger partial charge in [0, 0.05) is 6.61 Å². The SMILES string of the molecule is CCOC(CC)c1noc(CSCC#N)n1. The maximum Gasteiger partial charge on any atom is 0.236 e. The first-order valence-corrected chi connectivity index (χ1v) is 6.36. The summed E-state index contributed by atoms with van der Waals surface area (Å²) in [5.74, 6) is 2.15. The van der Waals surface area contributed by atoms with Crippen LogP contribution in [0.15, 0.2) is 4.52 Å². The van der Waals surface area contributed by atoms with Crippen LogP contribution in [0.3, 0.4) is 0 Å². The molecule has 16 heavy (non-hydrogen) atoms. The number of ether oxygens (including phenoxy) is 1. The minimum Gasteiger partial charge on any atom is -0.370 e. The van der Waals surface area contributed by atoms with Crippen LogP contribution in [0.1, 0.15) is 38.1 Å². The number of thioether (sulfide) groups is 1. The third-order valence-corrected chi connectivity index (χ3v) is 2.69. The highest BCUT2D eigenvalue weighted by atomic mass is 32.2. The first-order valence-electron chi connectivity index (χ1n) is 5.20. The van der Waals surface area contributed by atoms with Gasteiger partial charge in [-0.1, -0.05) is 12.1 Å². The Hall–Kier alpha value is -1.06. The molecule has 0 amide bonds. The van der Waals surface area contributed by atoms with Crippen molar-refractivity contribution in [2.24, 2.45) is 0 Å². The van der Waals surface area contributed by atoms with Gasteiger partial charge < -0.3 is 9.26 Å². The maximum absolute atomic E-state index is 8.39. The largest absolute Gasteiger partial charge is 0.370 e. The van der Waals surface area contributed by atoms with Crippen LogP contribution in [0.4, 0.5) is 0 Å². The Morgan fingerprint density at radius 2 is 2.38 bits per heavy atom. The van der Waals surface area contributed by atoms with Gasteiger partial charge in [0.15, 0.2) is 0 Å². The summed E-state index contributed by atoms with van der Waals surface area (Å²) >= 11 is 1.45. The molecule has 1 rings (SSSR count). The Balaban J connectivity index is 2.52. The van der Waals surface area contributed by atoms with Gasteiger partial charge in [0.25, 0.3) is 0 Å². The van der Waals surface area contributed by atoms with Gasteiger partial charge in [-0.15, -0.1) is 11.8 Å². The van der Waals surface area contributed by atoms with E-state index in [0.29, 0.717) is 29.8 Å². The van der Waals surface area contributed by atoms with Crippen molar-refractivity contribution in [2.75, 3.05) is 12.4 Å². The lowest BCUT2D eigenvalue weighted by molar-refractivity contribution is 0.0518. The van der Waals surface area contributed by atoms with Crippen LogP contribution in [-0.2, 0) is 10.5 Å². The zero-order chi connectivity index (χ0) is 11.8. The third kappa shape index (κ3) is 3.83. The van der Waals surface area contributed by atoms with Crippen molar-refractivity contribution in [3.8, 4) is 6.07 Å². The van der Waals surface area contributed by atoms with Gasteiger partial charge in [-0.3, -0.25) is 0 Å². The van der Waals surface area contributed by atoms with E-state index < -0.39 is 0 Å². The van der Waals surface area contributed by atoms with Crippen molar-refractivity contribution in [1.29, 1.82) is 5.26 Å². The molecular formula is C10H15N3O2S. The lowest BCUT2D eigenvalue weighted by Gasteiger charge is -2.09. The van der Waals surface area contributed by atoms with Gasteiger partial charge in [0.1, 0.15) is 6.10 Å². The molecule has 1 aromatic rings. The van der Waals surface area contributed by atoms with E-state index in [4.69, 9.17) is 14.5 Å². The maximum atomic E-state index is 8.39. The summed E-state index contributed by atoms with van der Waals surface area (Å²) in [7, 11) is 0. The molecule has 1 atom stereocenters. The van der Waals surface area contributed by atoms with Crippen LogP contribution in [0, 0.1) is 11.3 Å². The van der Waals surface area contributed by atoms with Crippen LogP contribution in [0.5, 0.6) is 0 Å². The van der Waals surface area contributed by atoms with Crippen molar-refractivity contribution in [3.05, 3.63) is 11.7 Å². The van der Waals surface area contributed by atoms with E-state index in [9.17, 15) is 0 Å². The Morgan fingerprint density at radius 1 is 1.56 bits per heavy atom. The Bertz CT molecular complexity index is 348. The molecule has 0 aromatic carbocycles. The van der Waals surface area contributed by atoms with Crippen molar-refractivity contribution >= 4 is 11.8 Å². The molecule has 0 N–H and O–H groups in total. The van der Waals surface area contributed by atoms with Crippen molar-refractivity contribution in [2.45, 2.75) is 32.1 Å². The molecule has 0 saturated heterocycles. The van der Waals surface area contributed by atoms with E-state index in [-0.39, 0.29) is 6.10 Å². The summed E-state index contributed by atoms with van der Waals surface area (Å²) in [6.45, 7) is 4.58. The van der Waals surface area contributed by atoms with Gasteiger partial charge in [-0.25, -0.2) is 0 Å². The highest BCUT2D eigenvalue weighted by molar-refractivity contribution is 7.98. The molecule has 0 saturated carbocycles. The molecule has 6 heteroatoms. The lowest BCUT2D eigenvalue weighted by Crippen LogP contribution is -2.04. The summed E-state index contributed by atoms with van der Waals surface area (Å²) in [5.41, 5.74) is 0. The fourth-order valence-electron chi connectivity index (χ4n) is 1.22. The minimum absolute atomic E-state index is 0.0940. The van der Waals surface area contributed by atoms with Crippen LogP contribution in [0.25, 0.3) is 0 Å². The molecule has 0 aliphatic carbocycles. The van der Waals surface area contributed by atoms with Crippen molar-refractivity contribution in [1.82, 2.24) is 10.1 Å². The van der Waals surface area contributed by atoms with Gasteiger partial charge in [-0.05, 0) is 13.3 Å². The average molecular weight is 241 g/mol. The molecular weight excluding hydrogens is 226 g/mol. The van der Waals surface area contributed by atoms with E-state index in [0.717, 1.165) is 6.42 Å². The number of rotatable bonds is 7. The second kappa shape index (κ2) is 7.25. The van der Waals surface area contributed by atoms with Crippen LogP contribution in [0.2, 0.25) is 0 Å². The van der Waals surface area contributed by atoms with E-state index >= 15 is 0 Å².